The van der Waals surface area contributed by atoms with Crippen LogP contribution in [-0.4, -0.2) is 4.57 Å². The van der Waals surface area contributed by atoms with E-state index >= 15 is 0 Å². The summed E-state index contributed by atoms with van der Waals surface area (Å²) >= 11 is 0. The van der Waals surface area contributed by atoms with E-state index in [-0.39, 0.29) is 5.56 Å². The minimum atomic E-state index is -0.118. The van der Waals surface area contributed by atoms with Gasteiger partial charge in [-0.25, -0.2) is 0 Å². The summed E-state index contributed by atoms with van der Waals surface area (Å²) in [4.78, 5) is 12.0. The third kappa shape index (κ3) is 2.87. The monoisotopic (exact) mass is 256 g/mol. The van der Waals surface area contributed by atoms with E-state index in [0.717, 1.165) is 11.1 Å². The zero-order valence-electron chi connectivity index (χ0n) is 11.7. The Morgan fingerprint density at radius 1 is 1.16 bits per heavy atom. The first-order valence-corrected chi connectivity index (χ1v) is 6.53. The first kappa shape index (κ1) is 13.4. The van der Waals surface area contributed by atoms with E-state index in [1.54, 1.807) is 10.8 Å². The quantitative estimate of drug-likeness (QED) is 0.918. The molecule has 1 aromatic carbocycles. The number of pyridine rings is 1. The van der Waals surface area contributed by atoms with Crippen molar-refractivity contribution < 1.29 is 0 Å². The van der Waals surface area contributed by atoms with Crippen LogP contribution in [0.3, 0.4) is 0 Å². The lowest BCUT2D eigenvalue weighted by atomic mass is 10.0. The molecule has 0 fully saturated rings. The Kier molecular flexibility index (Phi) is 3.74. The van der Waals surface area contributed by atoms with Gasteiger partial charge in [0.15, 0.2) is 0 Å². The van der Waals surface area contributed by atoms with Crippen molar-refractivity contribution in [2.75, 3.05) is 5.73 Å². The van der Waals surface area contributed by atoms with Crippen LogP contribution in [0.2, 0.25) is 0 Å². The van der Waals surface area contributed by atoms with Gasteiger partial charge in [0.25, 0.3) is 5.56 Å². The lowest BCUT2D eigenvalue weighted by Crippen LogP contribution is -2.23. The van der Waals surface area contributed by atoms with E-state index in [2.05, 4.69) is 38.1 Å². The second kappa shape index (κ2) is 5.31. The van der Waals surface area contributed by atoms with Crippen LogP contribution in [0.1, 0.15) is 36.5 Å². The van der Waals surface area contributed by atoms with Crippen LogP contribution in [0.25, 0.3) is 0 Å². The van der Waals surface area contributed by atoms with E-state index < -0.39 is 0 Å². The third-order valence-corrected chi connectivity index (χ3v) is 3.42. The van der Waals surface area contributed by atoms with Crippen molar-refractivity contribution in [1.29, 1.82) is 0 Å². The molecule has 3 nitrogen and oxygen atoms in total. The van der Waals surface area contributed by atoms with Crippen LogP contribution in [0.4, 0.5) is 5.69 Å². The number of hydrogen-bond acceptors (Lipinski definition) is 2. The zero-order chi connectivity index (χ0) is 14.0. The molecule has 1 heterocycles. The molecule has 3 heteroatoms. The van der Waals surface area contributed by atoms with Gasteiger partial charge in [-0.05, 0) is 35.6 Å². The molecule has 0 aliphatic rings. The second-order valence-electron chi connectivity index (χ2n) is 5.24. The molecule has 0 aliphatic carbocycles. The van der Waals surface area contributed by atoms with Gasteiger partial charge in [-0.3, -0.25) is 4.79 Å². The van der Waals surface area contributed by atoms with Crippen LogP contribution in [0.15, 0.2) is 41.3 Å². The van der Waals surface area contributed by atoms with Gasteiger partial charge in [0.05, 0.1) is 6.54 Å². The summed E-state index contributed by atoms with van der Waals surface area (Å²) in [5.41, 5.74) is 9.23. The number of anilines is 1. The molecule has 0 unspecified atom stereocenters. The number of nitrogen functional groups attached to an aromatic ring is 1. The molecule has 19 heavy (non-hydrogen) atoms. The van der Waals surface area contributed by atoms with E-state index in [0.29, 0.717) is 18.2 Å². The van der Waals surface area contributed by atoms with Crippen molar-refractivity contribution in [3.63, 3.8) is 0 Å². The highest BCUT2D eigenvalue weighted by atomic mass is 16.1. The van der Waals surface area contributed by atoms with E-state index in [1.807, 2.05) is 13.0 Å². The molecule has 0 saturated heterocycles. The van der Waals surface area contributed by atoms with Crippen LogP contribution >= 0.6 is 0 Å². The SMILES string of the molecule is Cc1ccn(Cc2ccc(C(C)C)cc2)c(=O)c1N. The first-order valence-electron chi connectivity index (χ1n) is 6.53. The van der Waals surface area contributed by atoms with Crippen molar-refractivity contribution in [2.45, 2.75) is 33.2 Å². The molecule has 0 spiro atoms. The Bertz CT molecular complexity index is 624. The number of aromatic nitrogens is 1. The predicted octanol–water partition coefficient (Wildman–Crippen LogP) is 2.91. The molecule has 2 N–H and O–H groups in total. The van der Waals surface area contributed by atoms with E-state index in [4.69, 9.17) is 5.73 Å². The van der Waals surface area contributed by atoms with Gasteiger partial charge < -0.3 is 10.3 Å². The molecule has 0 aliphatic heterocycles. The van der Waals surface area contributed by atoms with Crippen LogP contribution < -0.4 is 11.3 Å². The fourth-order valence-electron chi connectivity index (χ4n) is 2.01. The summed E-state index contributed by atoms with van der Waals surface area (Å²) in [5.74, 6) is 0.520. The van der Waals surface area contributed by atoms with Crippen LogP contribution in [0, 0.1) is 6.92 Å². The molecule has 1 aromatic heterocycles. The van der Waals surface area contributed by atoms with Gasteiger partial charge in [0, 0.05) is 6.20 Å². The first-order chi connectivity index (χ1) is 8.99. The largest absolute Gasteiger partial charge is 0.394 e. The minimum absolute atomic E-state index is 0.118. The molecule has 0 bridgehead atoms. The van der Waals surface area contributed by atoms with Gasteiger partial charge in [0.1, 0.15) is 5.69 Å². The van der Waals surface area contributed by atoms with Crippen molar-refractivity contribution in [3.8, 4) is 0 Å². The molecule has 100 valence electrons. The molecule has 0 saturated carbocycles. The molecular weight excluding hydrogens is 236 g/mol. The number of benzene rings is 1. The molecule has 0 radical (unpaired) electrons. The fraction of sp³-hybridized carbons (Fsp3) is 0.312. The summed E-state index contributed by atoms with van der Waals surface area (Å²) in [6.07, 6.45) is 1.80. The Morgan fingerprint density at radius 3 is 2.37 bits per heavy atom. The van der Waals surface area contributed by atoms with E-state index in [1.165, 1.54) is 5.56 Å². The molecule has 0 atom stereocenters. The topological polar surface area (TPSA) is 48.0 Å². The number of aryl methyl sites for hydroxylation is 1. The van der Waals surface area contributed by atoms with Gasteiger partial charge in [-0.2, -0.15) is 0 Å². The number of rotatable bonds is 3. The Hall–Kier alpha value is -2.03. The van der Waals surface area contributed by atoms with Gasteiger partial charge >= 0.3 is 0 Å². The molecule has 2 rings (SSSR count). The van der Waals surface area contributed by atoms with Crippen molar-refractivity contribution >= 4 is 5.69 Å². The normalized spacial score (nSPS) is 10.9. The standard InChI is InChI=1S/C16H20N2O/c1-11(2)14-6-4-13(5-7-14)10-18-9-8-12(3)15(17)16(18)19/h4-9,11H,10,17H2,1-3H3. The zero-order valence-corrected chi connectivity index (χ0v) is 11.7. The van der Waals surface area contributed by atoms with E-state index in [9.17, 15) is 4.79 Å². The van der Waals surface area contributed by atoms with Crippen molar-refractivity contribution in [1.82, 2.24) is 4.57 Å². The highest BCUT2D eigenvalue weighted by Crippen LogP contribution is 2.15. The predicted molar refractivity (Wildman–Crippen MR) is 79.5 cm³/mol. The van der Waals surface area contributed by atoms with Crippen LogP contribution in [0.5, 0.6) is 0 Å². The summed E-state index contributed by atoms with van der Waals surface area (Å²) in [5, 5.41) is 0. The minimum Gasteiger partial charge on any atom is -0.394 e. The average molecular weight is 256 g/mol. The Balaban J connectivity index is 2.27. The fourth-order valence-corrected chi connectivity index (χ4v) is 2.01. The maximum Gasteiger partial charge on any atom is 0.274 e. The highest BCUT2D eigenvalue weighted by molar-refractivity contribution is 5.43. The van der Waals surface area contributed by atoms with Crippen molar-refractivity contribution in [2.24, 2.45) is 0 Å². The summed E-state index contributed by atoms with van der Waals surface area (Å²) in [7, 11) is 0. The Labute approximate surface area is 113 Å². The molecule has 2 aromatic rings. The Morgan fingerprint density at radius 2 is 1.79 bits per heavy atom. The van der Waals surface area contributed by atoms with Gasteiger partial charge in [-0.1, -0.05) is 38.1 Å². The van der Waals surface area contributed by atoms with Gasteiger partial charge in [-0.15, -0.1) is 0 Å². The maximum atomic E-state index is 12.0. The highest BCUT2D eigenvalue weighted by Gasteiger charge is 2.04. The lowest BCUT2D eigenvalue weighted by molar-refractivity contribution is 0.758. The maximum absolute atomic E-state index is 12.0. The summed E-state index contributed by atoms with van der Waals surface area (Å²) < 4.78 is 1.65. The third-order valence-electron chi connectivity index (χ3n) is 3.42. The summed E-state index contributed by atoms with van der Waals surface area (Å²) in [6.45, 7) is 6.74. The molecule has 0 amide bonds. The van der Waals surface area contributed by atoms with Gasteiger partial charge in [0.2, 0.25) is 0 Å². The molecular formula is C16H20N2O. The van der Waals surface area contributed by atoms with Crippen LogP contribution in [-0.2, 0) is 6.54 Å². The number of hydrogen-bond donors (Lipinski definition) is 1. The average Bonchev–Trinajstić information content (AvgIpc) is 2.40. The summed E-state index contributed by atoms with van der Waals surface area (Å²) in [6, 6.07) is 10.2. The number of nitrogens with zero attached hydrogens (tertiary/aromatic N) is 1. The van der Waals surface area contributed by atoms with Crippen molar-refractivity contribution in [3.05, 3.63) is 63.6 Å². The number of nitrogens with two attached hydrogens (primary N) is 1. The smallest absolute Gasteiger partial charge is 0.274 e. The lowest BCUT2D eigenvalue weighted by Gasteiger charge is -2.10. The second-order valence-corrected chi connectivity index (χ2v) is 5.24.